The molecule has 98 valence electrons. The maximum Gasteiger partial charge on any atom is 0.314 e. The quantitative estimate of drug-likeness (QED) is 0.401. The molecule has 0 fully saturated rings. The first-order chi connectivity index (χ1) is 7.57. The summed E-state index contributed by atoms with van der Waals surface area (Å²) in [6.45, 7) is 5.58. The molecule has 2 N–H and O–H groups in total. The lowest BCUT2D eigenvalue weighted by Gasteiger charge is -2.29. The van der Waals surface area contributed by atoms with E-state index in [2.05, 4.69) is 11.3 Å². The minimum atomic E-state index is -4.66. The van der Waals surface area contributed by atoms with E-state index in [9.17, 15) is 18.0 Å². The number of carbonyl (C=O) groups excluding carboxylic acids is 2. The Bertz CT molecular complexity index is 425. The molecule has 0 aliphatic rings. The van der Waals surface area contributed by atoms with Crippen LogP contribution in [0.25, 0.3) is 0 Å². The second kappa shape index (κ2) is 5.28. The van der Waals surface area contributed by atoms with Crippen molar-refractivity contribution in [1.29, 1.82) is 0 Å². The van der Waals surface area contributed by atoms with E-state index in [4.69, 9.17) is 4.55 Å². The van der Waals surface area contributed by atoms with Gasteiger partial charge in [0.1, 0.15) is 0 Å². The second-order valence-corrected chi connectivity index (χ2v) is 5.32. The monoisotopic (exact) mass is 265 g/mol. The molecule has 0 saturated heterocycles. The molecule has 0 heterocycles. The molecule has 0 aromatic rings. The van der Waals surface area contributed by atoms with Crippen molar-refractivity contribution < 1.29 is 27.3 Å². The molecular formula is C9H15NO6S. The summed E-state index contributed by atoms with van der Waals surface area (Å²) in [5, 5.41) is 0.154. The number of hydrogen-bond acceptors (Lipinski definition) is 5. The van der Waals surface area contributed by atoms with Crippen molar-refractivity contribution in [1.82, 2.24) is 5.32 Å². The van der Waals surface area contributed by atoms with E-state index >= 15 is 0 Å². The van der Waals surface area contributed by atoms with Crippen molar-refractivity contribution in [3.63, 3.8) is 0 Å². The summed E-state index contributed by atoms with van der Waals surface area (Å²) in [7, 11) is -3.59. The highest BCUT2D eigenvalue weighted by molar-refractivity contribution is 7.86. The number of methoxy groups -OCH3 is 1. The number of nitrogens with one attached hydrogen (secondary N) is 1. The van der Waals surface area contributed by atoms with E-state index in [1.165, 1.54) is 13.8 Å². The molecule has 1 unspecified atom stereocenters. The number of hydrogen-bond donors (Lipinski definition) is 2. The summed E-state index contributed by atoms with van der Waals surface area (Å²) in [4.78, 5) is 22.5. The summed E-state index contributed by atoms with van der Waals surface area (Å²) < 4.78 is 35.7. The third-order valence-corrected chi connectivity index (χ3v) is 3.43. The van der Waals surface area contributed by atoms with Crippen LogP contribution in [0.2, 0.25) is 0 Å². The molecule has 0 spiro atoms. The van der Waals surface area contributed by atoms with E-state index in [-0.39, 0.29) is 0 Å². The Balaban J connectivity index is 5.41. The Kier molecular flexibility index (Phi) is 4.84. The second-order valence-electron chi connectivity index (χ2n) is 3.82. The van der Waals surface area contributed by atoms with E-state index < -0.39 is 32.8 Å². The number of amides is 1. The first-order valence-electron chi connectivity index (χ1n) is 4.55. The summed E-state index contributed by atoms with van der Waals surface area (Å²) in [6.07, 6.45) is 0.825. The lowest BCUT2D eigenvalue weighted by atomic mass is 9.93. The molecule has 1 atom stereocenters. The number of rotatable bonds is 5. The van der Waals surface area contributed by atoms with Gasteiger partial charge in [0, 0.05) is 0 Å². The normalized spacial score (nSPS) is 13.6. The van der Waals surface area contributed by atoms with Gasteiger partial charge in [0.25, 0.3) is 10.1 Å². The third kappa shape index (κ3) is 3.82. The maximum atomic E-state index is 11.4. The van der Waals surface area contributed by atoms with Crippen molar-refractivity contribution in [2.24, 2.45) is 5.41 Å². The minimum Gasteiger partial charge on any atom is -0.469 e. The topological polar surface area (TPSA) is 110 Å². The number of ether oxygens (including phenoxy) is 1. The Labute approximate surface area is 99.6 Å². The van der Waals surface area contributed by atoms with Gasteiger partial charge in [0.15, 0.2) is 5.37 Å². The smallest absolute Gasteiger partial charge is 0.314 e. The third-order valence-electron chi connectivity index (χ3n) is 2.12. The predicted molar refractivity (Wildman–Crippen MR) is 59.5 cm³/mol. The van der Waals surface area contributed by atoms with Crippen LogP contribution in [0.4, 0.5) is 0 Å². The average Bonchev–Trinajstić information content (AvgIpc) is 2.22. The van der Waals surface area contributed by atoms with Gasteiger partial charge in [-0.2, -0.15) is 8.42 Å². The lowest BCUT2D eigenvalue weighted by molar-refractivity contribution is -0.151. The molecule has 0 aromatic heterocycles. The highest BCUT2D eigenvalue weighted by Gasteiger charge is 2.46. The van der Waals surface area contributed by atoms with Gasteiger partial charge < -0.3 is 10.1 Å². The Morgan fingerprint density at radius 2 is 1.94 bits per heavy atom. The predicted octanol–water partition coefficient (Wildman–Crippen LogP) is -0.298. The molecule has 1 amide bonds. The van der Waals surface area contributed by atoms with Crippen molar-refractivity contribution in [2.45, 2.75) is 19.2 Å². The van der Waals surface area contributed by atoms with E-state index in [0.717, 1.165) is 13.2 Å². The van der Waals surface area contributed by atoms with E-state index in [1.807, 2.05) is 5.32 Å². The van der Waals surface area contributed by atoms with Gasteiger partial charge in [-0.15, -0.1) is 0 Å². The van der Waals surface area contributed by atoms with Gasteiger partial charge in [0.05, 0.1) is 12.5 Å². The zero-order valence-corrected chi connectivity index (χ0v) is 10.6. The van der Waals surface area contributed by atoms with Crippen LogP contribution in [-0.2, 0) is 24.4 Å². The molecule has 7 nitrogen and oxygen atoms in total. The van der Waals surface area contributed by atoms with Gasteiger partial charge >= 0.3 is 5.97 Å². The van der Waals surface area contributed by atoms with Crippen molar-refractivity contribution in [3.8, 4) is 0 Å². The lowest BCUT2D eigenvalue weighted by Crippen LogP contribution is -2.53. The number of esters is 1. The molecule has 0 rings (SSSR count). The summed E-state index contributed by atoms with van der Waals surface area (Å²) in [6, 6.07) is 0. The van der Waals surface area contributed by atoms with Crippen LogP contribution in [0.15, 0.2) is 12.7 Å². The first kappa shape index (κ1) is 15.6. The van der Waals surface area contributed by atoms with Crippen LogP contribution in [0.3, 0.4) is 0 Å². The highest BCUT2D eigenvalue weighted by atomic mass is 32.2. The number of carbonyl (C=O) groups is 2. The molecule has 17 heavy (non-hydrogen) atoms. The largest absolute Gasteiger partial charge is 0.469 e. The van der Waals surface area contributed by atoms with Crippen molar-refractivity contribution in [3.05, 3.63) is 12.7 Å². The molecule has 0 aliphatic carbocycles. The van der Waals surface area contributed by atoms with Crippen LogP contribution < -0.4 is 5.32 Å². The van der Waals surface area contributed by atoms with Gasteiger partial charge in [-0.3, -0.25) is 14.1 Å². The Hall–Kier alpha value is -1.41. The summed E-state index contributed by atoms with van der Waals surface area (Å²) in [5.41, 5.74) is -1.64. The van der Waals surface area contributed by atoms with Gasteiger partial charge in [-0.25, -0.2) is 0 Å². The van der Waals surface area contributed by atoms with E-state index in [1.54, 1.807) is 0 Å². The van der Waals surface area contributed by atoms with Crippen LogP contribution in [0.1, 0.15) is 13.8 Å². The SMILES string of the molecule is C=CC(=O)NC(C(C)(C)C(=O)OC)S(=O)(=O)O. The molecule has 0 aromatic carbocycles. The van der Waals surface area contributed by atoms with Crippen LogP contribution in [0.5, 0.6) is 0 Å². The summed E-state index contributed by atoms with van der Waals surface area (Å²) in [5.74, 6) is -1.71. The Morgan fingerprint density at radius 1 is 1.47 bits per heavy atom. The summed E-state index contributed by atoms with van der Waals surface area (Å²) >= 11 is 0. The maximum absolute atomic E-state index is 11.4. The van der Waals surface area contributed by atoms with Crippen LogP contribution >= 0.6 is 0 Å². The molecule has 0 saturated carbocycles. The van der Waals surface area contributed by atoms with Crippen LogP contribution in [-0.4, -0.2) is 37.3 Å². The first-order valence-corrected chi connectivity index (χ1v) is 6.05. The highest BCUT2D eigenvalue weighted by Crippen LogP contribution is 2.25. The molecule has 0 bridgehead atoms. The molecule has 0 aliphatic heterocycles. The molecular weight excluding hydrogens is 250 g/mol. The van der Waals surface area contributed by atoms with E-state index in [0.29, 0.717) is 0 Å². The fourth-order valence-corrected chi connectivity index (χ4v) is 2.29. The standard InChI is InChI=1S/C9H15NO6S/c1-5-6(11)10-7(17(13,14)15)9(2,3)8(12)16-4/h5,7H,1H2,2-4H3,(H,10,11)(H,13,14,15). The molecule has 8 heteroatoms. The van der Waals surface area contributed by atoms with Gasteiger partial charge in [-0.1, -0.05) is 6.58 Å². The molecule has 0 radical (unpaired) electrons. The van der Waals surface area contributed by atoms with Crippen molar-refractivity contribution in [2.75, 3.05) is 7.11 Å². The van der Waals surface area contributed by atoms with Gasteiger partial charge in [-0.05, 0) is 19.9 Å². The Morgan fingerprint density at radius 3 is 2.24 bits per heavy atom. The minimum absolute atomic E-state index is 0.825. The van der Waals surface area contributed by atoms with Crippen molar-refractivity contribution >= 4 is 22.0 Å². The zero-order chi connectivity index (χ0) is 13.9. The van der Waals surface area contributed by atoms with Gasteiger partial charge in [0.2, 0.25) is 5.91 Å². The fourth-order valence-electron chi connectivity index (χ4n) is 1.19. The average molecular weight is 265 g/mol. The van der Waals surface area contributed by atoms with Crippen LogP contribution in [0, 0.1) is 5.41 Å². The fraction of sp³-hybridized carbons (Fsp3) is 0.556. The zero-order valence-electron chi connectivity index (χ0n) is 9.76.